The monoisotopic (exact) mass is 325 g/mol. The van der Waals surface area contributed by atoms with E-state index in [-0.39, 0.29) is 0 Å². The number of aromatic nitrogens is 5. The van der Waals surface area contributed by atoms with Gasteiger partial charge < -0.3 is 9.42 Å². The maximum absolute atomic E-state index is 5.18. The van der Waals surface area contributed by atoms with E-state index in [0.29, 0.717) is 12.0 Å². The quantitative estimate of drug-likeness (QED) is 0.700. The van der Waals surface area contributed by atoms with Crippen LogP contribution < -0.4 is 4.90 Å². The number of fused-ring (bicyclic) bond motifs is 1. The second kappa shape index (κ2) is 5.27. The summed E-state index contributed by atoms with van der Waals surface area (Å²) >= 11 is 0. The van der Waals surface area contributed by atoms with Gasteiger partial charge in [-0.3, -0.25) is 4.90 Å². The Balaban J connectivity index is 1.28. The van der Waals surface area contributed by atoms with Crippen LogP contribution in [0.2, 0.25) is 0 Å². The zero-order chi connectivity index (χ0) is 16.1. The van der Waals surface area contributed by atoms with Crippen LogP contribution >= 0.6 is 0 Å². The highest BCUT2D eigenvalue weighted by Crippen LogP contribution is 2.38. The van der Waals surface area contributed by atoms with Gasteiger partial charge in [0.15, 0.2) is 17.2 Å². The van der Waals surface area contributed by atoms with Crippen molar-refractivity contribution < 1.29 is 4.52 Å². The van der Waals surface area contributed by atoms with E-state index < -0.39 is 0 Å². The Morgan fingerprint density at radius 1 is 1.21 bits per heavy atom. The Labute approximate surface area is 139 Å². The maximum Gasteiger partial charge on any atom is 0.178 e. The van der Waals surface area contributed by atoms with Crippen LogP contribution in [-0.4, -0.2) is 56.0 Å². The van der Waals surface area contributed by atoms with Crippen molar-refractivity contribution in [2.24, 2.45) is 0 Å². The van der Waals surface area contributed by atoms with E-state index in [2.05, 4.69) is 32.2 Å². The predicted molar refractivity (Wildman–Crippen MR) is 86.7 cm³/mol. The molecule has 0 unspecified atom stereocenters. The molecule has 2 aliphatic rings. The van der Waals surface area contributed by atoms with Gasteiger partial charge in [0.1, 0.15) is 5.82 Å². The van der Waals surface area contributed by atoms with Gasteiger partial charge in [-0.15, -0.1) is 15.3 Å². The van der Waals surface area contributed by atoms with Crippen molar-refractivity contribution in [3.05, 3.63) is 36.0 Å². The minimum Gasteiger partial charge on any atom is -0.360 e. The molecule has 0 N–H and O–H groups in total. The van der Waals surface area contributed by atoms with Crippen LogP contribution in [0.4, 0.5) is 5.82 Å². The van der Waals surface area contributed by atoms with E-state index in [4.69, 9.17) is 9.62 Å². The lowest BCUT2D eigenvalue weighted by atomic mass is 10.1. The van der Waals surface area contributed by atoms with E-state index in [1.54, 1.807) is 6.20 Å². The molecule has 0 atom stereocenters. The normalized spacial score (nSPS) is 18.5. The summed E-state index contributed by atoms with van der Waals surface area (Å²) in [6.07, 6.45) is 4.09. The van der Waals surface area contributed by atoms with Gasteiger partial charge in [0.05, 0.1) is 12.7 Å². The third-order valence-electron chi connectivity index (χ3n) is 4.92. The maximum atomic E-state index is 5.18. The first-order chi connectivity index (χ1) is 11.8. The molecule has 4 heterocycles. The second-order valence-corrected chi connectivity index (χ2v) is 6.75. The van der Waals surface area contributed by atoms with Gasteiger partial charge >= 0.3 is 0 Å². The first-order valence-electron chi connectivity index (χ1n) is 8.35. The van der Waals surface area contributed by atoms with Gasteiger partial charge in [-0.1, -0.05) is 5.16 Å². The SMILES string of the molecule is CN(Cc1ccno1)C1CN(c2ccc3nnc(C4CC4)n3n2)C1. The molecule has 1 saturated carbocycles. The van der Waals surface area contributed by atoms with Gasteiger partial charge in [0.25, 0.3) is 0 Å². The summed E-state index contributed by atoms with van der Waals surface area (Å²) in [5, 5.41) is 17.0. The Bertz CT molecular complexity index is 849. The van der Waals surface area contributed by atoms with Crippen LogP contribution in [-0.2, 0) is 6.54 Å². The van der Waals surface area contributed by atoms with Crippen LogP contribution in [0, 0.1) is 0 Å². The van der Waals surface area contributed by atoms with E-state index in [1.807, 2.05) is 22.7 Å². The van der Waals surface area contributed by atoms with Crippen molar-refractivity contribution in [3.63, 3.8) is 0 Å². The summed E-state index contributed by atoms with van der Waals surface area (Å²) in [7, 11) is 2.12. The van der Waals surface area contributed by atoms with Crippen molar-refractivity contribution in [2.45, 2.75) is 31.3 Å². The molecular formula is C16H19N7O. The van der Waals surface area contributed by atoms with Gasteiger partial charge in [-0.05, 0) is 32.0 Å². The van der Waals surface area contributed by atoms with Crippen LogP contribution in [0.5, 0.6) is 0 Å². The molecule has 1 aliphatic carbocycles. The summed E-state index contributed by atoms with van der Waals surface area (Å²) in [5.41, 5.74) is 0.833. The van der Waals surface area contributed by atoms with Crippen molar-refractivity contribution in [2.75, 3.05) is 25.0 Å². The van der Waals surface area contributed by atoms with E-state index >= 15 is 0 Å². The van der Waals surface area contributed by atoms with Crippen LogP contribution in [0.1, 0.15) is 30.3 Å². The number of anilines is 1. The lowest BCUT2D eigenvalue weighted by Gasteiger charge is -2.44. The molecule has 8 nitrogen and oxygen atoms in total. The van der Waals surface area contributed by atoms with Crippen LogP contribution in [0.15, 0.2) is 28.9 Å². The summed E-state index contributed by atoms with van der Waals surface area (Å²) in [6.45, 7) is 2.70. The molecule has 3 aromatic rings. The summed E-state index contributed by atoms with van der Waals surface area (Å²) in [4.78, 5) is 4.58. The molecule has 0 amide bonds. The minimum absolute atomic E-state index is 0.497. The molecule has 0 spiro atoms. The summed E-state index contributed by atoms with van der Waals surface area (Å²) in [5.74, 6) is 3.44. The summed E-state index contributed by atoms with van der Waals surface area (Å²) in [6, 6.07) is 6.45. The van der Waals surface area contributed by atoms with Gasteiger partial charge in [0.2, 0.25) is 0 Å². The Morgan fingerprint density at radius 3 is 2.83 bits per heavy atom. The number of rotatable bonds is 5. The molecule has 124 valence electrons. The highest BCUT2D eigenvalue weighted by atomic mass is 16.5. The molecular weight excluding hydrogens is 306 g/mol. The molecule has 0 bridgehead atoms. The molecule has 5 rings (SSSR count). The zero-order valence-electron chi connectivity index (χ0n) is 13.5. The number of nitrogens with zero attached hydrogens (tertiary/aromatic N) is 7. The summed E-state index contributed by atoms with van der Waals surface area (Å²) < 4.78 is 7.10. The Hall–Kier alpha value is -2.48. The van der Waals surface area contributed by atoms with Crippen LogP contribution in [0.25, 0.3) is 5.65 Å². The highest BCUT2D eigenvalue weighted by Gasteiger charge is 2.33. The molecule has 1 saturated heterocycles. The van der Waals surface area contributed by atoms with E-state index in [0.717, 1.165) is 42.7 Å². The standard InChI is InChI=1S/C16H19N7O/c1-21(10-13-6-7-17-24-13)12-8-22(9-12)15-5-4-14-18-19-16(11-2-3-11)23(14)20-15/h4-7,11-12H,2-3,8-10H2,1H3. The molecule has 0 aromatic carbocycles. The molecule has 8 heteroatoms. The largest absolute Gasteiger partial charge is 0.360 e. The average Bonchev–Trinajstić information content (AvgIpc) is 3.08. The fraction of sp³-hybridized carbons (Fsp3) is 0.500. The predicted octanol–water partition coefficient (Wildman–Crippen LogP) is 1.31. The smallest absolute Gasteiger partial charge is 0.178 e. The lowest BCUT2D eigenvalue weighted by Crippen LogP contribution is -2.58. The Morgan fingerprint density at radius 2 is 2.08 bits per heavy atom. The van der Waals surface area contributed by atoms with Crippen LogP contribution in [0.3, 0.4) is 0 Å². The fourth-order valence-corrected chi connectivity index (χ4v) is 3.18. The second-order valence-electron chi connectivity index (χ2n) is 6.75. The highest BCUT2D eigenvalue weighted by molar-refractivity contribution is 5.48. The topological polar surface area (TPSA) is 75.6 Å². The van der Waals surface area contributed by atoms with Crippen molar-refractivity contribution in [3.8, 4) is 0 Å². The number of likely N-dealkylation sites (N-methyl/N-ethyl adjacent to an activating group) is 1. The average molecular weight is 325 g/mol. The Kier molecular flexibility index (Phi) is 3.05. The van der Waals surface area contributed by atoms with E-state index in [1.165, 1.54) is 12.8 Å². The number of hydrogen-bond donors (Lipinski definition) is 0. The first-order valence-corrected chi connectivity index (χ1v) is 8.35. The van der Waals surface area contributed by atoms with Gasteiger partial charge in [-0.25, -0.2) is 0 Å². The van der Waals surface area contributed by atoms with Crippen molar-refractivity contribution in [1.82, 2.24) is 29.9 Å². The first kappa shape index (κ1) is 13.9. The van der Waals surface area contributed by atoms with E-state index in [9.17, 15) is 0 Å². The number of hydrogen-bond acceptors (Lipinski definition) is 7. The molecule has 2 fully saturated rings. The minimum atomic E-state index is 0.497. The van der Waals surface area contributed by atoms with Crippen molar-refractivity contribution >= 4 is 11.5 Å². The molecule has 24 heavy (non-hydrogen) atoms. The fourth-order valence-electron chi connectivity index (χ4n) is 3.18. The lowest BCUT2D eigenvalue weighted by molar-refractivity contribution is 0.177. The molecule has 0 radical (unpaired) electrons. The third-order valence-corrected chi connectivity index (χ3v) is 4.92. The van der Waals surface area contributed by atoms with Gasteiger partial charge in [0, 0.05) is 31.1 Å². The zero-order valence-corrected chi connectivity index (χ0v) is 13.5. The third kappa shape index (κ3) is 2.34. The molecule has 1 aliphatic heterocycles. The molecule has 3 aromatic heterocycles. The van der Waals surface area contributed by atoms with Crippen molar-refractivity contribution in [1.29, 1.82) is 0 Å². The van der Waals surface area contributed by atoms with Gasteiger partial charge in [-0.2, -0.15) is 4.52 Å².